The van der Waals surface area contributed by atoms with E-state index in [0.29, 0.717) is 25.7 Å². The minimum absolute atomic E-state index is 0.0600. The van der Waals surface area contributed by atoms with Gasteiger partial charge in [-0.15, -0.1) is 0 Å². The Balaban J connectivity index is 1.47. The molecule has 1 aliphatic carbocycles. The molecule has 21 heavy (non-hydrogen) atoms. The van der Waals surface area contributed by atoms with E-state index < -0.39 is 11.3 Å². The van der Waals surface area contributed by atoms with Crippen LogP contribution in [-0.4, -0.2) is 55.0 Å². The van der Waals surface area contributed by atoms with Crippen molar-refractivity contribution in [2.45, 2.75) is 43.9 Å². The first-order valence-electron chi connectivity index (χ1n) is 7.78. The lowest BCUT2D eigenvalue weighted by Gasteiger charge is -2.37. The Morgan fingerprint density at radius 1 is 1.38 bits per heavy atom. The number of rotatable bonds is 4. The maximum atomic E-state index is 12.2. The second-order valence-electron chi connectivity index (χ2n) is 6.52. The van der Waals surface area contributed by atoms with Crippen LogP contribution in [0.1, 0.15) is 32.6 Å². The molecule has 6 heteroatoms. The quantitative estimate of drug-likeness (QED) is 0.823. The lowest BCUT2D eigenvalue weighted by atomic mass is 9.98. The van der Waals surface area contributed by atoms with Crippen molar-refractivity contribution < 1.29 is 14.3 Å². The van der Waals surface area contributed by atoms with Crippen LogP contribution in [0.4, 0.5) is 0 Å². The number of nitrogens with one attached hydrogen (secondary N) is 1. The molecule has 0 aromatic heterocycles. The lowest BCUT2D eigenvalue weighted by Crippen LogP contribution is -2.52. The first-order chi connectivity index (χ1) is 10.1. The molecule has 0 aromatic rings. The highest BCUT2D eigenvalue weighted by molar-refractivity contribution is 5.79. The van der Waals surface area contributed by atoms with Crippen LogP contribution < -0.4 is 5.32 Å². The second kappa shape index (κ2) is 5.56. The zero-order valence-corrected chi connectivity index (χ0v) is 12.6. The molecule has 1 amide bonds. The van der Waals surface area contributed by atoms with Gasteiger partial charge in [-0.3, -0.25) is 9.69 Å². The Hall–Kier alpha value is -1.16. The van der Waals surface area contributed by atoms with Gasteiger partial charge >= 0.3 is 0 Å². The molecule has 1 saturated carbocycles. The molecular weight excluding hydrogens is 270 g/mol. The highest BCUT2D eigenvalue weighted by Crippen LogP contribution is 2.39. The number of piperidine rings is 1. The van der Waals surface area contributed by atoms with E-state index in [1.54, 1.807) is 0 Å². The van der Waals surface area contributed by atoms with Crippen LogP contribution >= 0.6 is 0 Å². The Kier molecular flexibility index (Phi) is 3.91. The number of nitriles is 1. The molecule has 1 spiro atoms. The van der Waals surface area contributed by atoms with E-state index in [1.165, 1.54) is 0 Å². The van der Waals surface area contributed by atoms with Gasteiger partial charge in [0, 0.05) is 25.9 Å². The summed E-state index contributed by atoms with van der Waals surface area (Å²) >= 11 is 0. The van der Waals surface area contributed by atoms with Gasteiger partial charge in [0.05, 0.1) is 25.8 Å². The molecule has 3 rings (SSSR count). The normalized spacial score (nSPS) is 28.0. The van der Waals surface area contributed by atoms with Crippen molar-refractivity contribution in [3.8, 4) is 6.07 Å². The Morgan fingerprint density at radius 3 is 2.52 bits per heavy atom. The molecule has 3 fully saturated rings. The molecule has 1 N–H and O–H groups in total. The first kappa shape index (κ1) is 14.8. The number of ether oxygens (including phenoxy) is 2. The molecule has 1 unspecified atom stereocenters. The van der Waals surface area contributed by atoms with Crippen LogP contribution in [-0.2, 0) is 14.3 Å². The Labute approximate surface area is 125 Å². The minimum Gasteiger partial charge on any atom is -0.347 e. The summed E-state index contributed by atoms with van der Waals surface area (Å²) in [6.45, 7) is 5.10. The lowest BCUT2D eigenvalue weighted by molar-refractivity contribution is -0.185. The summed E-state index contributed by atoms with van der Waals surface area (Å²) in [5.74, 6) is -0.145. The maximum Gasteiger partial charge on any atom is 0.235 e. The molecule has 1 atom stereocenters. The van der Waals surface area contributed by atoms with Crippen LogP contribution in [0.2, 0.25) is 0 Å². The number of nitrogens with zero attached hydrogens (tertiary/aromatic N) is 2. The zero-order valence-electron chi connectivity index (χ0n) is 12.6. The molecule has 3 aliphatic rings. The topological polar surface area (TPSA) is 74.6 Å². The van der Waals surface area contributed by atoms with E-state index in [0.717, 1.165) is 38.8 Å². The molecule has 6 nitrogen and oxygen atoms in total. The van der Waals surface area contributed by atoms with Crippen LogP contribution in [0.5, 0.6) is 0 Å². The Bertz CT molecular complexity index is 442. The monoisotopic (exact) mass is 293 g/mol. The number of hydrogen-bond donors (Lipinski definition) is 1. The number of carbonyl (C=O) groups is 1. The molecule has 116 valence electrons. The average Bonchev–Trinajstić information content (AvgIpc) is 3.24. The zero-order chi connectivity index (χ0) is 14.9. The number of likely N-dealkylation sites (tertiary alicyclic amines) is 1. The van der Waals surface area contributed by atoms with Gasteiger partial charge in [-0.2, -0.15) is 5.26 Å². The van der Waals surface area contributed by atoms with E-state index in [4.69, 9.17) is 9.47 Å². The maximum absolute atomic E-state index is 12.2. The summed E-state index contributed by atoms with van der Waals surface area (Å²) in [6.07, 6.45) is 3.67. The summed E-state index contributed by atoms with van der Waals surface area (Å²) in [7, 11) is 0. The summed E-state index contributed by atoms with van der Waals surface area (Å²) in [5, 5.41) is 12.2. The second-order valence-corrected chi connectivity index (χ2v) is 6.52. The summed E-state index contributed by atoms with van der Waals surface area (Å²) < 4.78 is 11.4. The smallest absolute Gasteiger partial charge is 0.235 e. The summed E-state index contributed by atoms with van der Waals surface area (Å²) in [5.41, 5.74) is -0.703. The number of carbonyl (C=O) groups excluding carboxylic acids is 1. The van der Waals surface area contributed by atoms with Gasteiger partial charge in [0.2, 0.25) is 5.91 Å². The fourth-order valence-corrected chi connectivity index (χ4v) is 3.25. The van der Waals surface area contributed by atoms with Crippen molar-refractivity contribution in [1.29, 1.82) is 5.26 Å². The van der Waals surface area contributed by atoms with Gasteiger partial charge in [-0.25, -0.2) is 0 Å². The highest BCUT2D eigenvalue weighted by Gasteiger charge is 2.44. The van der Waals surface area contributed by atoms with E-state index >= 15 is 0 Å². The highest BCUT2D eigenvalue weighted by atomic mass is 16.7. The third-order valence-electron chi connectivity index (χ3n) is 4.82. The fourth-order valence-electron chi connectivity index (χ4n) is 3.25. The molecule has 0 bridgehead atoms. The van der Waals surface area contributed by atoms with Crippen molar-refractivity contribution in [3.05, 3.63) is 0 Å². The molecule has 2 heterocycles. The van der Waals surface area contributed by atoms with Gasteiger partial charge in [0.15, 0.2) is 5.79 Å². The van der Waals surface area contributed by atoms with Gasteiger partial charge in [-0.1, -0.05) is 0 Å². The predicted molar refractivity (Wildman–Crippen MR) is 75.2 cm³/mol. The summed E-state index contributed by atoms with van der Waals surface area (Å²) in [6, 6.07) is 2.26. The predicted octanol–water partition coefficient (Wildman–Crippen LogP) is 0.634. The Morgan fingerprint density at radius 2 is 2.00 bits per heavy atom. The van der Waals surface area contributed by atoms with Crippen LogP contribution in [0, 0.1) is 17.2 Å². The minimum atomic E-state index is -0.703. The number of hydrogen-bond acceptors (Lipinski definition) is 5. The van der Waals surface area contributed by atoms with Crippen molar-refractivity contribution in [2.75, 3.05) is 32.8 Å². The van der Waals surface area contributed by atoms with E-state index in [9.17, 15) is 10.1 Å². The van der Waals surface area contributed by atoms with Crippen molar-refractivity contribution in [2.24, 2.45) is 5.92 Å². The van der Waals surface area contributed by atoms with Gasteiger partial charge < -0.3 is 14.8 Å². The average molecular weight is 293 g/mol. The van der Waals surface area contributed by atoms with Crippen molar-refractivity contribution in [3.63, 3.8) is 0 Å². The molecule has 2 aliphatic heterocycles. The number of amides is 1. The fraction of sp³-hybridized carbons (Fsp3) is 0.867. The molecule has 0 aromatic carbocycles. The third kappa shape index (κ3) is 3.20. The van der Waals surface area contributed by atoms with Crippen molar-refractivity contribution in [1.82, 2.24) is 10.2 Å². The third-order valence-corrected chi connectivity index (χ3v) is 4.82. The first-order valence-corrected chi connectivity index (χ1v) is 7.78. The largest absolute Gasteiger partial charge is 0.347 e. The van der Waals surface area contributed by atoms with E-state index in [1.807, 2.05) is 6.92 Å². The van der Waals surface area contributed by atoms with E-state index in [-0.39, 0.29) is 5.91 Å². The van der Waals surface area contributed by atoms with Gasteiger partial charge in [0.25, 0.3) is 0 Å². The SMILES string of the molecule is CC(C#N)(NC(=O)CN1CCC2(CC1)OCCO2)C1CC1. The van der Waals surface area contributed by atoms with Crippen LogP contribution in [0.25, 0.3) is 0 Å². The standard InChI is InChI=1S/C15H23N3O3/c1-14(11-16,12-2-3-12)17-13(19)10-18-6-4-15(5-7-18)20-8-9-21-15/h12H,2-10H2,1H3,(H,17,19). The van der Waals surface area contributed by atoms with Gasteiger partial charge in [0.1, 0.15) is 5.54 Å². The summed E-state index contributed by atoms with van der Waals surface area (Å²) in [4.78, 5) is 14.3. The van der Waals surface area contributed by atoms with E-state index in [2.05, 4.69) is 16.3 Å². The van der Waals surface area contributed by atoms with Gasteiger partial charge in [-0.05, 0) is 25.7 Å². The molecule has 0 radical (unpaired) electrons. The molecule has 2 saturated heterocycles. The van der Waals surface area contributed by atoms with Crippen LogP contribution in [0.15, 0.2) is 0 Å². The van der Waals surface area contributed by atoms with Crippen molar-refractivity contribution >= 4 is 5.91 Å². The molecular formula is C15H23N3O3. The van der Waals surface area contributed by atoms with Crippen LogP contribution in [0.3, 0.4) is 0 Å².